The predicted octanol–water partition coefficient (Wildman–Crippen LogP) is 0.692. The van der Waals surface area contributed by atoms with Gasteiger partial charge in [0.15, 0.2) is 0 Å². The maximum Gasteiger partial charge on any atom is 0.233 e. The minimum Gasteiger partial charge on any atom is -0.392 e. The normalized spacial score (nSPS) is 32.0. The molecule has 0 aromatic heterocycles. The third-order valence-electron chi connectivity index (χ3n) is 3.64. The van der Waals surface area contributed by atoms with Crippen molar-refractivity contribution in [3.63, 3.8) is 0 Å². The van der Waals surface area contributed by atoms with Crippen molar-refractivity contribution in [2.45, 2.75) is 32.7 Å². The van der Waals surface area contributed by atoms with Crippen LogP contribution in [-0.4, -0.2) is 27.7 Å². The molecule has 5 heteroatoms. The van der Waals surface area contributed by atoms with Crippen LogP contribution in [0.1, 0.15) is 26.7 Å². The molecule has 4 nitrogen and oxygen atoms in total. The van der Waals surface area contributed by atoms with Crippen LogP contribution in [-0.2, 0) is 9.59 Å². The lowest BCUT2D eigenvalue weighted by Crippen LogP contribution is -2.48. The van der Waals surface area contributed by atoms with Crippen LogP contribution in [0.3, 0.4) is 0 Å². The molecule has 2 amide bonds. The maximum atomic E-state index is 12.0. The number of imide groups is 1. The minimum atomic E-state index is -0.345. The summed E-state index contributed by atoms with van der Waals surface area (Å²) in [6, 6.07) is -0.345. The van der Waals surface area contributed by atoms with Crippen molar-refractivity contribution in [2.24, 2.45) is 23.5 Å². The van der Waals surface area contributed by atoms with Crippen molar-refractivity contribution >= 4 is 29.0 Å². The summed E-state index contributed by atoms with van der Waals surface area (Å²) in [6.45, 7) is 3.57. The average molecular weight is 240 g/mol. The van der Waals surface area contributed by atoms with Gasteiger partial charge in [-0.3, -0.25) is 14.5 Å². The Bertz CT molecular complexity index is 345. The first-order chi connectivity index (χ1) is 7.45. The SMILES string of the molecule is CC1C(=O)N(C(C(N)=S)C2CC2)C(=O)C1C. The highest BCUT2D eigenvalue weighted by atomic mass is 32.1. The Hall–Kier alpha value is -0.970. The standard InChI is InChI=1S/C11H16N2O2S/c1-5-6(2)11(15)13(10(5)14)8(9(12)16)7-3-4-7/h5-8H,3-4H2,1-2H3,(H2,12,16). The van der Waals surface area contributed by atoms with Gasteiger partial charge < -0.3 is 5.73 Å². The minimum absolute atomic E-state index is 0.123. The lowest BCUT2D eigenvalue weighted by Gasteiger charge is -2.25. The highest BCUT2D eigenvalue weighted by Crippen LogP contribution is 2.39. The number of thiocarbonyl (C=S) groups is 1. The molecule has 0 aromatic rings. The fourth-order valence-corrected chi connectivity index (χ4v) is 2.53. The van der Waals surface area contributed by atoms with Crippen molar-refractivity contribution in [3.8, 4) is 0 Å². The van der Waals surface area contributed by atoms with Crippen molar-refractivity contribution in [1.82, 2.24) is 4.90 Å². The first kappa shape index (κ1) is 11.5. The zero-order valence-corrected chi connectivity index (χ0v) is 10.3. The maximum absolute atomic E-state index is 12.0. The number of rotatable bonds is 3. The molecule has 1 heterocycles. The zero-order chi connectivity index (χ0) is 12.0. The van der Waals surface area contributed by atoms with Crippen LogP contribution in [0.15, 0.2) is 0 Å². The average Bonchev–Trinajstić information content (AvgIpc) is 3.01. The van der Waals surface area contributed by atoms with Crippen LogP contribution in [0.2, 0.25) is 0 Å². The zero-order valence-electron chi connectivity index (χ0n) is 9.47. The Morgan fingerprint density at radius 2 is 1.75 bits per heavy atom. The number of carbonyl (C=O) groups is 2. The number of likely N-dealkylation sites (tertiary alicyclic amines) is 1. The smallest absolute Gasteiger partial charge is 0.233 e. The van der Waals surface area contributed by atoms with Gasteiger partial charge in [0.25, 0.3) is 0 Å². The third kappa shape index (κ3) is 1.63. The predicted molar refractivity (Wildman–Crippen MR) is 63.5 cm³/mol. The summed E-state index contributed by atoms with van der Waals surface area (Å²) in [5.41, 5.74) is 5.66. The summed E-state index contributed by atoms with van der Waals surface area (Å²) < 4.78 is 0. The van der Waals surface area contributed by atoms with E-state index < -0.39 is 0 Å². The van der Waals surface area contributed by atoms with Gasteiger partial charge in [0.1, 0.15) is 0 Å². The van der Waals surface area contributed by atoms with Crippen LogP contribution in [0, 0.1) is 17.8 Å². The van der Waals surface area contributed by atoms with Gasteiger partial charge in [-0.25, -0.2) is 0 Å². The van der Waals surface area contributed by atoms with E-state index in [4.69, 9.17) is 18.0 Å². The number of hydrogen-bond acceptors (Lipinski definition) is 3. The largest absolute Gasteiger partial charge is 0.392 e. The second-order valence-corrected chi connectivity index (χ2v) is 5.28. The molecular weight excluding hydrogens is 224 g/mol. The van der Waals surface area contributed by atoms with Gasteiger partial charge in [0.05, 0.1) is 11.0 Å². The van der Waals surface area contributed by atoms with E-state index in [-0.39, 0.29) is 34.7 Å². The van der Waals surface area contributed by atoms with Gasteiger partial charge in [0.2, 0.25) is 11.8 Å². The van der Waals surface area contributed by atoms with Gasteiger partial charge in [0, 0.05) is 11.8 Å². The Kier molecular flexibility index (Phi) is 2.74. The quantitative estimate of drug-likeness (QED) is 0.582. The second-order valence-electron chi connectivity index (χ2n) is 4.81. The molecule has 1 saturated heterocycles. The summed E-state index contributed by atoms with van der Waals surface area (Å²) in [6.07, 6.45) is 2.00. The Morgan fingerprint density at radius 1 is 1.31 bits per heavy atom. The van der Waals surface area contributed by atoms with E-state index in [1.54, 1.807) is 13.8 Å². The molecule has 16 heavy (non-hydrogen) atoms. The molecule has 3 atom stereocenters. The van der Waals surface area contributed by atoms with Crippen LogP contribution in [0.5, 0.6) is 0 Å². The number of amides is 2. The summed E-state index contributed by atoms with van der Waals surface area (Å²) >= 11 is 4.98. The summed E-state index contributed by atoms with van der Waals surface area (Å²) in [4.78, 5) is 25.6. The molecular formula is C11H16N2O2S. The van der Waals surface area contributed by atoms with Gasteiger partial charge in [-0.05, 0) is 18.8 Å². The van der Waals surface area contributed by atoms with Gasteiger partial charge in [-0.15, -0.1) is 0 Å². The van der Waals surface area contributed by atoms with Gasteiger partial charge in [-0.1, -0.05) is 26.1 Å². The monoisotopic (exact) mass is 240 g/mol. The van der Waals surface area contributed by atoms with E-state index in [0.29, 0.717) is 5.92 Å². The van der Waals surface area contributed by atoms with Gasteiger partial charge in [-0.2, -0.15) is 0 Å². The third-order valence-corrected chi connectivity index (χ3v) is 3.88. The fourth-order valence-electron chi connectivity index (χ4n) is 2.23. The Balaban J connectivity index is 2.28. The van der Waals surface area contributed by atoms with E-state index in [9.17, 15) is 9.59 Å². The second kappa shape index (κ2) is 3.80. The molecule has 2 aliphatic rings. The molecule has 88 valence electrons. The van der Waals surface area contributed by atoms with Crippen LogP contribution < -0.4 is 5.73 Å². The van der Waals surface area contributed by atoms with Crippen LogP contribution in [0.25, 0.3) is 0 Å². The van der Waals surface area contributed by atoms with Crippen LogP contribution >= 0.6 is 12.2 Å². The number of nitrogens with two attached hydrogens (primary N) is 1. The molecule has 1 saturated carbocycles. The van der Waals surface area contributed by atoms with E-state index in [1.807, 2.05) is 0 Å². The summed E-state index contributed by atoms with van der Waals surface area (Å²) in [7, 11) is 0. The highest BCUT2D eigenvalue weighted by molar-refractivity contribution is 7.80. The molecule has 2 N–H and O–H groups in total. The Morgan fingerprint density at radius 3 is 2.06 bits per heavy atom. The van der Waals surface area contributed by atoms with Crippen molar-refractivity contribution in [1.29, 1.82) is 0 Å². The topological polar surface area (TPSA) is 63.4 Å². The highest BCUT2D eigenvalue weighted by Gasteiger charge is 2.50. The molecule has 0 radical (unpaired) electrons. The number of nitrogens with zero attached hydrogens (tertiary/aromatic N) is 1. The molecule has 1 aliphatic heterocycles. The molecule has 3 unspecified atom stereocenters. The van der Waals surface area contributed by atoms with Crippen molar-refractivity contribution in [3.05, 3.63) is 0 Å². The van der Waals surface area contributed by atoms with E-state index in [1.165, 1.54) is 4.90 Å². The first-order valence-corrected chi connectivity index (χ1v) is 6.02. The molecule has 1 aliphatic carbocycles. The van der Waals surface area contributed by atoms with Crippen LogP contribution in [0.4, 0.5) is 0 Å². The molecule has 0 aromatic carbocycles. The van der Waals surface area contributed by atoms with Crippen molar-refractivity contribution in [2.75, 3.05) is 0 Å². The first-order valence-electron chi connectivity index (χ1n) is 5.61. The van der Waals surface area contributed by atoms with E-state index in [0.717, 1.165) is 12.8 Å². The van der Waals surface area contributed by atoms with Crippen molar-refractivity contribution < 1.29 is 9.59 Å². The molecule has 2 rings (SSSR count). The lowest BCUT2D eigenvalue weighted by molar-refractivity contribution is -0.141. The fraction of sp³-hybridized carbons (Fsp3) is 0.727. The Labute approximate surface area is 100 Å². The van der Waals surface area contributed by atoms with E-state index in [2.05, 4.69) is 0 Å². The van der Waals surface area contributed by atoms with E-state index >= 15 is 0 Å². The molecule has 0 bridgehead atoms. The summed E-state index contributed by atoms with van der Waals surface area (Å²) in [5.74, 6) is -0.446. The summed E-state index contributed by atoms with van der Waals surface area (Å²) in [5, 5.41) is 0. The van der Waals surface area contributed by atoms with Gasteiger partial charge >= 0.3 is 0 Å². The lowest BCUT2D eigenvalue weighted by atomic mass is 10.00. The number of hydrogen-bond donors (Lipinski definition) is 1. The molecule has 2 fully saturated rings. The number of carbonyl (C=O) groups excluding carboxylic acids is 2. The molecule has 0 spiro atoms.